The molecule has 0 radical (unpaired) electrons. The summed E-state index contributed by atoms with van der Waals surface area (Å²) in [6, 6.07) is 10.4. The van der Waals surface area contributed by atoms with Crippen LogP contribution in [0, 0.1) is 0 Å². The Morgan fingerprint density at radius 2 is 1.81 bits per heavy atom. The molecule has 0 fully saturated rings. The first kappa shape index (κ1) is 26.2. The van der Waals surface area contributed by atoms with Gasteiger partial charge in [0, 0.05) is 24.7 Å². The molecule has 3 aromatic rings. The van der Waals surface area contributed by atoms with E-state index < -0.39 is 18.0 Å². The van der Waals surface area contributed by atoms with Gasteiger partial charge in [-0.1, -0.05) is 41.9 Å². The van der Waals surface area contributed by atoms with Crippen molar-refractivity contribution in [3.8, 4) is 34.4 Å². The quantitative estimate of drug-likeness (QED) is 0.144. The Morgan fingerprint density at radius 1 is 1.14 bits per heavy atom. The Balaban J connectivity index is 2.00. The van der Waals surface area contributed by atoms with E-state index in [2.05, 4.69) is 11.9 Å². The molecule has 1 amide bonds. The van der Waals surface area contributed by atoms with Crippen LogP contribution in [0.2, 0.25) is 0 Å². The molecule has 1 aliphatic rings. The van der Waals surface area contributed by atoms with Crippen molar-refractivity contribution < 1.29 is 33.6 Å². The number of ether oxygens (including phenoxy) is 3. The van der Waals surface area contributed by atoms with Gasteiger partial charge in [0.1, 0.15) is 0 Å². The van der Waals surface area contributed by atoms with E-state index >= 15 is 0 Å². The fourth-order valence-corrected chi connectivity index (χ4v) is 5.15. The average molecular weight is 525 g/mol. The molecule has 1 aromatic heterocycles. The monoisotopic (exact) mass is 524 g/mol. The van der Waals surface area contributed by atoms with E-state index in [0.717, 1.165) is 18.6 Å². The normalized spacial score (nSPS) is 14.0. The van der Waals surface area contributed by atoms with Crippen LogP contribution in [0.3, 0.4) is 0 Å². The molecule has 1 aliphatic heterocycles. The number of anilines is 1. The second-order valence-electron chi connectivity index (χ2n) is 8.32. The standard InChI is InChI=1S/C26H28N4O6S/c1-6-7-12-37-26-27-24(33)22-18-10-8-9-11-19(18)29(15(2)31)25(30(22)28-26)17-13-20(34-4)23(36-16(3)32)21(14-17)35-5/h8-11,13-14,25H,6-7,12H2,1-5H3. The summed E-state index contributed by atoms with van der Waals surface area (Å²) in [5.41, 5.74) is 1.90. The molecule has 1 atom stereocenters. The van der Waals surface area contributed by atoms with Crippen LogP contribution in [-0.2, 0) is 9.59 Å². The van der Waals surface area contributed by atoms with Crippen molar-refractivity contribution in [1.82, 2.24) is 10.1 Å². The third kappa shape index (κ3) is 5.04. The number of carbonyl (C=O) groups excluding carboxylic acids is 2. The largest absolute Gasteiger partial charge is 0.854 e. The van der Waals surface area contributed by atoms with Crippen molar-refractivity contribution in [2.24, 2.45) is 0 Å². The van der Waals surface area contributed by atoms with Gasteiger partial charge in [-0.3, -0.25) is 9.59 Å². The Hall–Kier alpha value is -3.86. The van der Waals surface area contributed by atoms with Crippen molar-refractivity contribution in [1.29, 1.82) is 0 Å². The van der Waals surface area contributed by atoms with Crippen molar-refractivity contribution in [3.05, 3.63) is 42.0 Å². The minimum atomic E-state index is -0.863. The molecule has 0 saturated carbocycles. The van der Waals surface area contributed by atoms with E-state index in [1.54, 1.807) is 41.3 Å². The topological polar surface area (TPSA) is 118 Å². The molecule has 4 rings (SSSR count). The molecule has 2 aromatic carbocycles. The number of fused-ring (bicyclic) bond motifs is 3. The zero-order chi connectivity index (χ0) is 26.7. The molecule has 37 heavy (non-hydrogen) atoms. The van der Waals surface area contributed by atoms with Crippen LogP contribution in [0.25, 0.3) is 11.3 Å². The van der Waals surface area contributed by atoms with Gasteiger partial charge in [0.25, 0.3) is 17.0 Å². The number of nitrogens with zero attached hydrogens (tertiary/aromatic N) is 4. The van der Waals surface area contributed by atoms with Crippen LogP contribution in [0.1, 0.15) is 45.3 Å². The summed E-state index contributed by atoms with van der Waals surface area (Å²) < 4.78 is 17.9. The summed E-state index contributed by atoms with van der Waals surface area (Å²) in [6.07, 6.45) is 1.08. The number of thioether (sulfide) groups is 1. The van der Waals surface area contributed by atoms with Crippen LogP contribution in [0.4, 0.5) is 5.69 Å². The number of benzene rings is 2. The number of methoxy groups -OCH3 is 2. The first-order valence-electron chi connectivity index (χ1n) is 11.8. The molecule has 11 heteroatoms. The molecule has 0 saturated heterocycles. The highest BCUT2D eigenvalue weighted by Crippen LogP contribution is 2.45. The smallest absolute Gasteiger partial charge is 0.308 e. The summed E-state index contributed by atoms with van der Waals surface area (Å²) in [7, 11) is 2.87. The maximum Gasteiger partial charge on any atom is 0.308 e. The van der Waals surface area contributed by atoms with E-state index in [0.29, 0.717) is 22.0 Å². The second-order valence-corrected chi connectivity index (χ2v) is 9.38. The summed E-state index contributed by atoms with van der Waals surface area (Å²) in [6.45, 7) is 4.81. The van der Waals surface area contributed by atoms with Gasteiger partial charge >= 0.3 is 5.97 Å². The molecule has 0 spiro atoms. The number of carbonyl (C=O) groups is 2. The number of hydrogen-bond donors (Lipinski definition) is 0. The van der Waals surface area contributed by atoms with Gasteiger partial charge in [-0.05, 0) is 30.7 Å². The minimum Gasteiger partial charge on any atom is -0.854 e. The summed E-state index contributed by atoms with van der Waals surface area (Å²) >= 11 is 1.39. The van der Waals surface area contributed by atoms with Gasteiger partial charge in [-0.25, -0.2) is 9.88 Å². The number of esters is 1. The highest BCUT2D eigenvalue weighted by Gasteiger charge is 2.44. The second kappa shape index (κ2) is 11.0. The van der Waals surface area contributed by atoms with Crippen molar-refractivity contribution in [3.63, 3.8) is 0 Å². The maximum absolute atomic E-state index is 13.4. The van der Waals surface area contributed by atoms with Gasteiger partial charge < -0.3 is 19.3 Å². The molecule has 194 valence electrons. The Labute approximate surface area is 219 Å². The molecular formula is C26H28N4O6S. The SMILES string of the molecule is CCCCSc1nc([O-])c2[n+](n1)C(c1cc(OC)c(OC(C)=O)c(OC)c1)N(C(C)=O)c1ccccc1-2. The maximum atomic E-state index is 13.4. The van der Waals surface area contributed by atoms with Crippen LogP contribution < -0.4 is 28.9 Å². The van der Waals surface area contributed by atoms with Crippen LogP contribution in [0.5, 0.6) is 23.1 Å². The van der Waals surface area contributed by atoms with E-state index in [1.807, 2.05) is 0 Å². The number of aromatic nitrogens is 3. The fourth-order valence-electron chi connectivity index (χ4n) is 4.24. The molecule has 10 nitrogen and oxygen atoms in total. The fraction of sp³-hybridized carbons (Fsp3) is 0.346. The van der Waals surface area contributed by atoms with Crippen molar-refractivity contribution in [2.45, 2.75) is 44.9 Å². The van der Waals surface area contributed by atoms with Crippen molar-refractivity contribution >= 4 is 29.3 Å². The number of unbranched alkanes of at least 4 members (excludes halogenated alkanes) is 1. The first-order chi connectivity index (χ1) is 17.8. The zero-order valence-electron chi connectivity index (χ0n) is 21.3. The van der Waals surface area contributed by atoms with E-state index in [-0.39, 0.29) is 28.8 Å². The van der Waals surface area contributed by atoms with Gasteiger partial charge in [-0.2, -0.15) is 0 Å². The highest BCUT2D eigenvalue weighted by molar-refractivity contribution is 7.99. The number of hydrogen-bond acceptors (Lipinski definition) is 9. The molecule has 0 N–H and O–H groups in total. The van der Waals surface area contributed by atoms with Gasteiger partial charge in [0.05, 0.1) is 36.9 Å². The summed E-state index contributed by atoms with van der Waals surface area (Å²) in [5.74, 6) is 0.0738. The molecule has 0 bridgehead atoms. The van der Waals surface area contributed by atoms with Gasteiger partial charge in [0.15, 0.2) is 11.5 Å². The lowest BCUT2D eigenvalue weighted by Gasteiger charge is -2.33. The lowest BCUT2D eigenvalue weighted by atomic mass is 10.0. The lowest BCUT2D eigenvalue weighted by molar-refractivity contribution is -0.764. The third-order valence-electron chi connectivity index (χ3n) is 5.81. The Morgan fingerprint density at radius 3 is 2.41 bits per heavy atom. The first-order valence-corrected chi connectivity index (χ1v) is 12.8. The van der Waals surface area contributed by atoms with Gasteiger partial charge in [0.2, 0.25) is 11.7 Å². The van der Waals surface area contributed by atoms with Gasteiger partial charge in [-0.15, -0.1) is 0 Å². The summed E-state index contributed by atoms with van der Waals surface area (Å²) in [5, 5.41) is 18.4. The molecule has 1 unspecified atom stereocenters. The molecule has 2 heterocycles. The van der Waals surface area contributed by atoms with E-state index in [4.69, 9.17) is 19.3 Å². The number of rotatable bonds is 8. The zero-order valence-corrected chi connectivity index (χ0v) is 22.1. The van der Waals surface area contributed by atoms with Crippen molar-refractivity contribution in [2.75, 3.05) is 24.9 Å². The highest BCUT2D eigenvalue weighted by atomic mass is 32.2. The number of amides is 1. The van der Waals surface area contributed by atoms with Crippen LogP contribution >= 0.6 is 11.8 Å². The number of para-hydroxylation sites is 1. The average Bonchev–Trinajstić information content (AvgIpc) is 2.87. The van der Waals surface area contributed by atoms with E-state index in [9.17, 15) is 14.7 Å². The molecule has 0 aliphatic carbocycles. The molecular weight excluding hydrogens is 496 g/mol. The minimum absolute atomic E-state index is 0.111. The summed E-state index contributed by atoms with van der Waals surface area (Å²) in [4.78, 5) is 30.6. The van der Waals surface area contributed by atoms with E-state index in [1.165, 1.54) is 44.5 Å². The van der Waals surface area contributed by atoms with Crippen LogP contribution in [0.15, 0.2) is 41.6 Å². The van der Waals surface area contributed by atoms with Crippen LogP contribution in [-0.4, -0.2) is 41.9 Å². The Bertz CT molecular complexity index is 1320. The lowest BCUT2D eigenvalue weighted by Crippen LogP contribution is -2.58. The predicted molar refractivity (Wildman–Crippen MR) is 135 cm³/mol. The predicted octanol–water partition coefficient (Wildman–Crippen LogP) is 3.25. The third-order valence-corrected chi connectivity index (χ3v) is 6.74. The Kier molecular flexibility index (Phi) is 7.82.